The molecule has 0 spiro atoms. The Morgan fingerprint density at radius 2 is 1.60 bits per heavy atom. The maximum atomic E-state index is 8.90. The predicted octanol–water partition coefficient (Wildman–Crippen LogP) is -1.54. The van der Waals surface area contributed by atoms with Gasteiger partial charge in [-0.15, -0.1) is 0 Å². The van der Waals surface area contributed by atoms with Crippen molar-refractivity contribution in [2.75, 3.05) is 11.9 Å². The lowest BCUT2D eigenvalue weighted by molar-refractivity contribution is -0.0680. The van der Waals surface area contributed by atoms with Gasteiger partial charge in [0.15, 0.2) is 0 Å². The second kappa shape index (κ2) is 5.03. The third-order valence-corrected chi connectivity index (χ3v) is 1.80. The van der Waals surface area contributed by atoms with Crippen LogP contribution in [0, 0.1) is 0 Å². The Labute approximate surface area is 67.2 Å². The van der Waals surface area contributed by atoms with E-state index >= 15 is 0 Å². The van der Waals surface area contributed by atoms with Gasteiger partial charge in [-0.05, 0) is 0 Å². The van der Waals surface area contributed by atoms with Gasteiger partial charge in [-0.2, -0.15) is 0 Å². The second-order valence-electron chi connectivity index (χ2n) is 1.96. The standard InChI is InChI=1S/C5H11BrO4/c6-1-3(8)5(10)4(9)2-7/h3-5,7-10H,1-2H2. The highest BCUT2D eigenvalue weighted by Gasteiger charge is 2.22. The van der Waals surface area contributed by atoms with Gasteiger partial charge in [-0.3, -0.25) is 0 Å². The maximum Gasteiger partial charge on any atom is 0.109 e. The van der Waals surface area contributed by atoms with E-state index in [2.05, 4.69) is 15.9 Å². The van der Waals surface area contributed by atoms with Crippen LogP contribution in [0.15, 0.2) is 0 Å². The van der Waals surface area contributed by atoms with E-state index in [0.29, 0.717) is 0 Å². The van der Waals surface area contributed by atoms with E-state index in [1.807, 2.05) is 0 Å². The van der Waals surface area contributed by atoms with Crippen LogP contribution in [0.5, 0.6) is 0 Å². The average molecular weight is 215 g/mol. The lowest BCUT2D eigenvalue weighted by atomic mass is 10.1. The van der Waals surface area contributed by atoms with Crippen LogP contribution in [0.4, 0.5) is 0 Å². The molecule has 0 aliphatic carbocycles. The Hall–Kier alpha value is 0.320. The van der Waals surface area contributed by atoms with Crippen molar-refractivity contribution in [1.29, 1.82) is 0 Å². The van der Waals surface area contributed by atoms with Gasteiger partial charge in [0.05, 0.1) is 12.7 Å². The number of hydrogen-bond acceptors (Lipinski definition) is 4. The first kappa shape index (κ1) is 10.3. The summed E-state index contributed by atoms with van der Waals surface area (Å²) < 4.78 is 0. The SMILES string of the molecule is OCC(O)C(O)C(O)CBr. The molecule has 0 saturated carbocycles. The monoisotopic (exact) mass is 214 g/mol. The number of rotatable bonds is 4. The molecule has 0 aliphatic rings. The highest BCUT2D eigenvalue weighted by molar-refractivity contribution is 9.09. The molecule has 0 aliphatic heterocycles. The molecule has 5 heteroatoms. The van der Waals surface area contributed by atoms with Crippen LogP contribution < -0.4 is 0 Å². The van der Waals surface area contributed by atoms with E-state index in [0.717, 1.165) is 0 Å². The molecular formula is C5H11BrO4. The topological polar surface area (TPSA) is 80.9 Å². The molecule has 0 fully saturated rings. The molecule has 4 N–H and O–H groups in total. The number of hydrogen-bond donors (Lipinski definition) is 4. The first-order valence-corrected chi connectivity index (χ1v) is 3.96. The summed E-state index contributed by atoms with van der Waals surface area (Å²) in [7, 11) is 0. The van der Waals surface area contributed by atoms with Crippen molar-refractivity contribution in [3.63, 3.8) is 0 Å². The Kier molecular flexibility index (Phi) is 5.20. The maximum absolute atomic E-state index is 8.90. The van der Waals surface area contributed by atoms with Gasteiger partial charge in [0.25, 0.3) is 0 Å². The van der Waals surface area contributed by atoms with E-state index in [9.17, 15) is 0 Å². The van der Waals surface area contributed by atoms with Crippen molar-refractivity contribution < 1.29 is 20.4 Å². The third-order valence-electron chi connectivity index (χ3n) is 1.13. The lowest BCUT2D eigenvalue weighted by Crippen LogP contribution is -2.40. The Morgan fingerprint density at radius 1 is 1.10 bits per heavy atom. The Bertz CT molecular complexity index is 79.7. The molecule has 0 aromatic carbocycles. The van der Waals surface area contributed by atoms with Crippen molar-refractivity contribution in [2.45, 2.75) is 18.3 Å². The summed E-state index contributed by atoms with van der Waals surface area (Å²) in [5.74, 6) is 0. The van der Waals surface area contributed by atoms with Gasteiger partial charge in [0.1, 0.15) is 12.2 Å². The number of aliphatic hydroxyl groups excluding tert-OH is 4. The molecular weight excluding hydrogens is 204 g/mol. The van der Waals surface area contributed by atoms with Crippen molar-refractivity contribution >= 4 is 15.9 Å². The average Bonchev–Trinajstić information content (AvgIpc) is 2.00. The van der Waals surface area contributed by atoms with Crippen LogP contribution in [0.3, 0.4) is 0 Å². The summed E-state index contributed by atoms with van der Waals surface area (Å²) in [6, 6.07) is 0. The molecule has 0 rings (SSSR count). The van der Waals surface area contributed by atoms with Crippen LogP contribution in [0.2, 0.25) is 0 Å². The van der Waals surface area contributed by atoms with Crippen molar-refractivity contribution in [2.24, 2.45) is 0 Å². The minimum atomic E-state index is -1.29. The molecule has 0 saturated heterocycles. The molecule has 0 amide bonds. The zero-order chi connectivity index (χ0) is 8.15. The summed E-state index contributed by atoms with van der Waals surface area (Å²) in [6.07, 6.45) is -3.60. The Balaban J connectivity index is 3.69. The first-order valence-electron chi connectivity index (χ1n) is 2.84. The molecule has 0 aromatic rings. The number of alkyl halides is 1. The van der Waals surface area contributed by atoms with Gasteiger partial charge < -0.3 is 20.4 Å². The van der Waals surface area contributed by atoms with Crippen LogP contribution in [0.1, 0.15) is 0 Å². The second-order valence-corrected chi connectivity index (χ2v) is 2.61. The van der Waals surface area contributed by atoms with E-state index in [1.165, 1.54) is 0 Å². The molecule has 0 aromatic heterocycles. The summed E-state index contributed by atoms with van der Waals surface area (Å²) >= 11 is 2.91. The van der Waals surface area contributed by atoms with Gasteiger partial charge in [-0.1, -0.05) is 15.9 Å². The quantitative estimate of drug-likeness (QED) is 0.428. The molecule has 10 heavy (non-hydrogen) atoms. The molecule has 3 atom stereocenters. The normalized spacial score (nSPS) is 20.1. The highest BCUT2D eigenvalue weighted by Crippen LogP contribution is 2.02. The summed E-state index contributed by atoms with van der Waals surface area (Å²) in [6.45, 7) is -0.550. The summed E-state index contributed by atoms with van der Waals surface area (Å²) in [5.41, 5.74) is 0. The fraction of sp³-hybridized carbons (Fsp3) is 1.00. The fourth-order valence-electron chi connectivity index (χ4n) is 0.456. The first-order chi connectivity index (χ1) is 4.63. The highest BCUT2D eigenvalue weighted by atomic mass is 79.9. The third kappa shape index (κ3) is 2.94. The van der Waals surface area contributed by atoms with Crippen LogP contribution >= 0.6 is 15.9 Å². The zero-order valence-electron chi connectivity index (χ0n) is 5.31. The fourth-order valence-corrected chi connectivity index (χ4v) is 0.839. The van der Waals surface area contributed by atoms with Crippen LogP contribution in [0.25, 0.3) is 0 Å². The Morgan fingerprint density at radius 3 is 1.90 bits per heavy atom. The zero-order valence-corrected chi connectivity index (χ0v) is 6.90. The molecule has 0 heterocycles. The molecule has 62 valence electrons. The molecule has 0 bridgehead atoms. The minimum absolute atomic E-state index is 0.172. The van der Waals surface area contributed by atoms with Gasteiger partial charge in [0, 0.05) is 5.33 Å². The molecule has 3 unspecified atom stereocenters. The number of aliphatic hydroxyl groups is 4. The summed E-state index contributed by atoms with van der Waals surface area (Å²) in [5, 5.41) is 35.0. The van der Waals surface area contributed by atoms with Crippen molar-refractivity contribution in [3.8, 4) is 0 Å². The summed E-state index contributed by atoms with van der Waals surface area (Å²) in [4.78, 5) is 0. The van der Waals surface area contributed by atoms with Gasteiger partial charge in [-0.25, -0.2) is 0 Å². The van der Waals surface area contributed by atoms with Gasteiger partial charge in [0.2, 0.25) is 0 Å². The van der Waals surface area contributed by atoms with E-state index in [-0.39, 0.29) is 5.33 Å². The van der Waals surface area contributed by atoms with Crippen molar-refractivity contribution in [1.82, 2.24) is 0 Å². The van der Waals surface area contributed by atoms with Crippen molar-refractivity contribution in [3.05, 3.63) is 0 Å². The van der Waals surface area contributed by atoms with E-state index < -0.39 is 24.9 Å². The minimum Gasteiger partial charge on any atom is -0.394 e. The molecule has 4 nitrogen and oxygen atoms in total. The largest absolute Gasteiger partial charge is 0.394 e. The van der Waals surface area contributed by atoms with Gasteiger partial charge >= 0.3 is 0 Å². The van der Waals surface area contributed by atoms with Crippen LogP contribution in [-0.4, -0.2) is 50.7 Å². The van der Waals surface area contributed by atoms with E-state index in [4.69, 9.17) is 20.4 Å². The molecule has 0 radical (unpaired) electrons. The van der Waals surface area contributed by atoms with E-state index in [1.54, 1.807) is 0 Å². The predicted molar refractivity (Wildman–Crippen MR) is 38.9 cm³/mol. The smallest absolute Gasteiger partial charge is 0.109 e. The van der Waals surface area contributed by atoms with Crippen LogP contribution in [-0.2, 0) is 0 Å². The lowest BCUT2D eigenvalue weighted by Gasteiger charge is -2.19. The number of halogens is 1.